The number of rotatable bonds is 5. The molecule has 1 N–H and O–H groups in total. The molecule has 5 heteroatoms. The molecule has 5 nitrogen and oxygen atoms in total. The summed E-state index contributed by atoms with van der Waals surface area (Å²) < 4.78 is 5.62. The van der Waals surface area contributed by atoms with Crippen LogP contribution in [0.2, 0.25) is 0 Å². The third kappa shape index (κ3) is 2.68. The van der Waals surface area contributed by atoms with Gasteiger partial charge in [0.2, 0.25) is 11.8 Å². The highest BCUT2D eigenvalue weighted by Crippen LogP contribution is 2.42. The van der Waals surface area contributed by atoms with E-state index < -0.39 is 5.54 Å². The van der Waals surface area contributed by atoms with E-state index in [0.717, 1.165) is 38.5 Å². The van der Waals surface area contributed by atoms with Gasteiger partial charge in [0.1, 0.15) is 11.6 Å². The van der Waals surface area contributed by atoms with Crippen LogP contribution in [-0.2, 0) is 14.3 Å². The Bertz CT molecular complexity index is 425. The van der Waals surface area contributed by atoms with Gasteiger partial charge in [-0.1, -0.05) is 12.8 Å². The highest BCUT2D eigenvalue weighted by molar-refractivity contribution is 6.00. The zero-order valence-electron chi connectivity index (χ0n) is 13.1. The Labute approximate surface area is 126 Å². The molecule has 1 unspecified atom stereocenters. The quantitative estimate of drug-likeness (QED) is 0.835. The van der Waals surface area contributed by atoms with Crippen molar-refractivity contribution in [2.75, 3.05) is 13.2 Å². The van der Waals surface area contributed by atoms with Gasteiger partial charge in [-0.15, -0.1) is 0 Å². The number of hydrogen-bond donors (Lipinski definition) is 1. The summed E-state index contributed by atoms with van der Waals surface area (Å²) in [6.45, 7) is 5.02. The average Bonchev–Trinajstić information content (AvgIpc) is 3.16. The molecule has 3 rings (SSSR count). The third-order valence-electron chi connectivity index (χ3n) is 5.05. The smallest absolute Gasteiger partial charge is 0.246 e. The number of ether oxygens (including phenoxy) is 1. The van der Waals surface area contributed by atoms with E-state index in [1.54, 1.807) is 0 Å². The Morgan fingerprint density at radius 2 is 1.95 bits per heavy atom. The van der Waals surface area contributed by atoms with Crippen LogP contribution in [0.5, 0.6) is 0 Å². The second-order valence-corrected chi connectivity index (χ2v) is 6.94. The molecule has 2 aliphatic carbocycles. The summed E-state index contributed by atoms with van der Waals surface area (Å²) in [6, 6.07) is -0.289. The van der Waals surface area contributed by atoms with Crippen molar-refractivity contribution in [3.63, 3.8) is 0 Å². The van der Waals surface area contributed by atoms with Gasteiger partial charge in [0.15, 0.2) is 0 Å². The molecule has 21 heavy (non-hydrogen) atoms. The van der Waals surface area contributed by atoms with Gasteiger partial charge in [0.05, 0.1) is 12.7 Å². The molecule has 2 saturated carbocycles. The molecule has 3 fully saturated rings. The van der Waals surface area contributed by atoms with Crippen molar-refractivity contribution in [2.24, 2.45) is 5.92 Å². The predicted octanol–water partition coefficient (Wildman–Crippen LogP) is 1.46. The molecule has 1 atom stereocenters. The molecule has 2 amide bonds. The summed E-state index contributed by atoms with van der Waals surface area (Å²) in [6.07, 6.45) is 5.90. The van der Waals surface area contributed by atoms with Gasteiger partial charge in [0.25, 0.3) is 0 Å². The van der Waals surface area contributed by atoms with Crippen molar-refractivity contribution in [3.05, 3.63) is 0 Å². The molecule has 0 aromatic carbocycles. The summed E-state index contributed by atoms with van der Waals surface area (Å²) in [7, 11) is 0. The normalized spacial score (nSPS) is 28.5. The van der Waals surface area contributed by atoms with E-state index in [1.807, 2.05) is 18.7 Å². The number of amides is 2. The number of nitrogens with zero attached hydrogens (tertiary/aromatic N) is 1. The van der Waals surface area contributed by atoms with E-state index in [9.17, 15) is 9.59 Å². The van der Waals surface area contributed by atoms with E-state index >= 15 is 0 Å². The van der Waals surface area contributed by atoms with E-state index in [2.05, 4.69) is 5.32 Å². The molecule has 0 aromatic rings. The lowest BCUT2D eigenvalue weighted by Crippen LogP contribution is -2.70. The first-order valence-corrected chi connectivity index (χ1v) is 8.29. The lowest BCUT2D eigenvalue weighted by Gasteiger charge is -2.46. The summed E-state index contributed by atoms with van der Waals surface area (Å²) in [5, 5.41) is 3.02. The van der Waals surface area contributed by atoms with Gasteiger partial charge in [-0.05, 0) is 45.4 Å². The first-order chi connectivity index (χ1) is 10.0. The minimum absolute atomic E-state index is 0.0704. The number of hydrogen-bond acceptors (Lipinski definition) is 3. The second-order valence-electron chi connectivity index (χ2n) is 6.94. The van der Waals surface area contributed by atoms with Crippen LogP contribution in [0.3, 0.4) is 0 Å². The largest absolute Gasteiger partial charge is 0.377 e. The summed E-state index contributed by atoms with van der Waals surface area (Å²) >= 11 is 0. The Hall–Kier alpha value is -1.10. The van der Waals surface area contributed by atoms with Gasteiger partial charge in [-0.25, -0.2) is 0 Å². The van der Waals surface area contributed by atoms with Crippen molar-refractivity contribution >= 4 is 11.8 Å². The van der Waals surface area contributed by atoms with E-state index in [0.29, 0.717) is 19.1 Å². The van der Waals surface area contributed by atoms with Gasteiger partial charge >= 0.3 is 0 Å². The van der Waals surface area contributed by atoms with Gasteiger partial charge in [0, 0.05) is 6.54 Å². The van der Waals surface area contributed by atoms with Crippen molar-refractivity contribution < 1.29 is 14.3 Å². The molecule has 1 spiro atoms. The molecule has 3 aliphatic rings. The highest BCUT2D eigenvalue weighted by atomic mass is 16.5. The lowest BCUT2D eigenvalue weighted by molar-refractivity contribution is -0.159. The molecule has 118 valence electrons. The van der Waals surface area contributed by atoms with Crippen molar-refractivity contribution in [1.29, 1.82) is 0 Å². The van der Waals surface area contributed by atoms with Gasteiger partial charge in [-0.2, -0.15) is 0 Å². The van der Waals surface area contributed by atoms with Gasteiger partial charge in [-0.3, -0.25) is 9.59 Å². The Morgan fingerprint density at radius 3 is 2.52 bits per heavy atom. The topological polar surface area (TPSA) is 58.6 Å². The fraction of sp³-hybridized carbons (Fsp3) is 0.875. The Morgan fingerprint density at radius 1 is 1.29 bits per heavy atom. The molecule has 0 radical (unpaired) electrons. The average molecular weight is 294 g/mol. The summed E-state index contributed by atoms with van der Waals surface area (Å²) in [5.41, 5.74) is -0.594. The molecule has 1 heterocycles. The van der Waals surface area contributed by atoms with Crippen molar-refractivity contribution in [1.82, 2.24) is 10.2 Å². The van der Waals surface area contributed by atoms with E-state index in [1.165, 1.54) is 0 Å². The maximum Gasteiger partial charge on any atom is 0.246 e. The predicted molar refractivity (Wildman–Crippen MR) is 78.7 cm³/mol. The minimum Gasteiger partial charge on any atom is -0.377 e. The molecular formula is C16H26N2O3. The maximum atomic E-state index is 12.8. The first kappa shape index (κ1) is 14.8. The second kappa shape index (κ2) is 5.59. The molecule has 1 aliphatic heterocycles. The lowest BCUT2D eigenvalue weighted by atomic mass is 9.88. The van der Waals surface area contributed by atoms with Crippen LogP contribution in [0.4, 0.5) is 0 Å². The summed E-state index contributed by atoms with van der Waals surface area (Å²) in [5.74, 6) is 0.543. The van der Waals surface area contributed by atoms with Crippen molar-refractivity contribution in [3.8, 4) is 0 Å². The van der Waals surface area contributed by atoms with Crippen LogP contribution < -0.4 is 5.32 Å². The molecular weight excluding hydrogens is 268 g/mol. The number of piperazine rings is 1. The molecule has 0 aromatic heterocycles. The highest BCUT2D eigenvalue weighted by Gasteiger charge is 2.55. The number of nitrogens with one attached hydrogen (secondary N) is 1. The third-order valence-corrected chi connectivity index (χ3v) is 5.05. The SMILES string of the molecule is CC(C)OCCN1C(=O)C(C2CC2)NC(=O)C12CCCC2. The molecule has 1 saturated heterocycles. The number of carbonyl (C=O) groups is 2. The molecule has 0 bridgehead atoms. The monoisotopic (exact) mass is 294 g/mol. The zero-order valence-corrected chi connectivity index (χ0v) is 13.1. The first-order valence-electron chi connectivity index (χ1n) is 8.29. The Kier molecular flexibility index (Phi) is 3.95. The van der Waals surface area contributed by atoms with Crippen LogP contribution in [0.15, 0.2) is 0 Å². The van der Waals surface area contributed by atoms with Crippen LogP contribution in [0.1, 0.15) is 52.4 Å². The van der Waals surface area contributed by atoms with E-state index in [4.69, 9.17) is 4.74 Å². The number of carbonyl (C=O) groups excluding carboxylic acids is 2. The maximum absolute atomic E-state index is 12.8. The van der Waals surface area contributed by atoms with E-state index in [-0.39, 0.29) is 24.0 Å². The van der Waals surface area contributed by atoms with Crippen LogP contribution in [0, 0.1) is 5.92 Å². The summed E-state index contributed by atoms with van der Waals surface area (Å²) in [4.78, 5) is 27.4. The minimum atomic E-state index is -0.594. The van der Waals surface area contributed by atoms with Crippen LogP contribution in [-0.4, -0.2) is 47.6 Å². The Balaban J connectivity index is 1.77. The van der Waals surface area contributed by atoms with Crippen molar-refractivity contribution in [2.45, 2.75) is 70.1 Å². The fourth-order valence-corrected chi connectivity index (χ4v) is 3.75. The van der Waals surface area contributed by atoms with Gasteiger partial charge < -0.3 is 15.0 Å². The zero-order chi connectivity index (χ0) is 15.0. The standard InChI is InChI=1S/C16H26N2O3/c1-11(2)21-10-9-18-14(19)13(12-5-6-12)17-15(20)16(18)7-3-4-8-16/h11-13H,3-10H2,1-2H3,(H,17,20). The fourth-order valence-electron chi connectivity index (χ4n) is 3.75. The van der Waals surface area contributed by atoms with Crippen LogP contribution in [0.25, 0.3) is 0 Å². The van der Waals surface area contributed by atoms with Crippen LogP contribution >= 0.6 is 0 Å².